The Balaban J connectivity index is 0.00000242. The van der Waals surface area contributed by atoms with Crippen molar-refractivity contribution in [2.45, 2.75) is 12.8 Å². The van der Waals surface area contributed by atoms with Crippen LogP contribution in [0.2, 0.25) is 0 Å². The second-order valence-corrected chi connectivity index (χ2v) is 4.94. The molecule has 0 spiro atoms. The van der Waals surface area contributed by atoms with Gasteiger partial charge >= 0.3 is 0 Å². The molecule has 1 fully saturated rings. The Morgan fingerprint density at radius 3 is 2.86 bits per heavy atom. The van der Waals surface area contributed by atoms with Crippen LogP contribution in [0.4, 0.5) is 11.4 Å². The van der Waals surface area contributed by atoms with Crippen LogP contribution in [0.15, 0.2) is 24.3 Å². The molecular weight excluding hydrogens is 308 g/mol. The van der Waals surface area contributed by atoms with E-state index >= 15 is 0 Å². The van der Waals surface area contributed by atoms with Gasteiger partial charge in [0.1, 0.15) is 5.69 Å². The monoisotopic (exact) mass is 328 g/mol. The van der Waals surface area contributed by atoms with Crippen LogP contribution in [-0.2, 0) is 4.79 Å². The number of carbonyl (C=O) groups is 1. The SMILES string of the molecule is Cl.O=C(CCNc1ccccc1[N+](=O)[O-])N1CCCNCC1. The number of carbonyl (C=O) groups excluding carboxylic acids is 1. The number of nitro groups is 1. The molecule has 0 radical (unpaired) electrons. The molecule has 2 rings (SSSR count). The van der Waals surface area contributed by atoms with Crippen LogP contribution in [-0.4, -0.2) is 48.5 Å². The molecule has 122 valence electrons. The van der Waals surface area contributed by atoms with Gasteiger partial charge in [0.15, 0.2) is 0 Å². The molecule has 22 heavy (non-hydrogen) atoms. The smallest absolute Gasteiger partial charge is 0.292 e. The Bertz CT molecular complexity index is 505. The molecule has 1 aromatic carbocycles. The molecule has 1 heterocycles. The molecule has 1 aliphatic rings. The molecule has 1 aliphatic heterocycles. The quantitative estimate of drug-likeness (QED) is 0.633. The minimum Gasteiger partial charge on any atom is -0.379 e. The summed E-state index contributed by atoms with van der Waals surface area (Å²) >= 11 is 0. The third-order valence-corrected chi connectivity index (χ3v) is 3.45. The van der Waals surface area contributed by atoms with Crippen molar-refractivity contribution in [2.75, 3.05) is 38.0 Å². The highest BCUT2D eigenvalue weighted by Gasteiger charge is 2.16. The summed E-state index contributed by atoms with van der Waals surface area (Å²) in [5, 5.41) is 17.1. The van der Waals surface area contributed by atoms with Crippen molar-refractivity contribution in [3.05, 3.63) is 34.4 Å². The van der Waals surface area contributed by atoms with Gasteiger partial charge < -0.3 is 15.5 Å². The molecule has 0 bridgehead atoms. The van der Waals surface area contributed by atoms with Crippen molar-refractivity contribution in [2.24, 2.45) is 0 Å². The summed E-state index contributed by atoms with van der Waals surface area (Å²) in [6, 6.07) is 6.46. The van der Waals surface area contributed by atoms with Crippen LogP contribution in [0.1, 0.15) is 12.8 Å². The van der Waals surface area contributed by atoms with E-state index in [9.17, 15) is 14.9 Å². The minimum absolute atomic E-state index is 0. The molecule has 1 saturated heterocycles. The standard InChI is InChI=1S/C14H20N4O3.ClH/c19-14(17-10-3-7-15-9-11-17)6-8-16-12-4-1-2-5-13(12)18(20)21;/h1-2,4-5,15-16H,3,6-11H2;1H. The van der Waals surface area contributed by atoms with Gasteiger partial charge in [-0.1, -0.05) is 12.1 Å². The lowest BCUT2D eigenvalue weighted by Gasteiger charge is -2.20. The highest BCUT2D eigenvalue weighted by atomic mass is 35.5. The van der Waals surface area contributed by atoms with Crippen molar-refractivity contribution in [3.8, 4) is 0 Å². The number of nitrogens with zero attached hydrogens (tertiary/aromatic N) is 2. The Morgan fingerprint density at radius 1 is 1.32 bits per heavy atom. The predicted molar refractivity (Wildman–Crippen MR) is 87.5 cm³/mol. The third kappa shape index (κ3) is 5.16. The zero-order valence-corrected chi connectivity index (χ0v) is 13.1. The fraction of sp³-hybridized carbons (Fsp3) is 0.500. The van der Waals surface area contributed by atoms with E-state index in [1.807, 2.05) is 4.90 Å². The third-order valence-electron chi connectivity index (χ3n) is 3.45. The van der Waals surface area contributed by atoms with Gasteiger partial charge in [0, 0.05) is 38.7 Å². The summed E-state index contributed by atoms with van der Waals surface area (Å²) in [6.07, 6.45) is 1.30. The second kappa shape index (κ2) is 9.22. The van der Waals surface area contributed by atoms with Gasteiger partial charge in [-0.05, 0) is 19.0 Å². The highest BCUT2D eigenvalue weighted by Crippen LogP contribution is 2.22. The van der Waals surface area contributed by atoms with E-state index in [0.717, 1.165) is 32.6 Å². The van der Waals surface area contributed by atoms with Crippen LogP contribution in [0, 0.1) is 10.1 Å². The maximum atomic E-state index is 12.1. The van der Waals surface area contributed by atoms with E-state index in [-0.39, 0.29) is 24.0 Å². The fourth-order valence-electron chi connectivity index (χ4n) is 2.34. The highest BCUT2D eigenvalue weighted by molar-refractivity contribution is 5.85. The number of halogens is 1. The van der Waals surface area contributed by atoms with Crippen LogP contribution in [0.3, 0.4) is 0 Å². The first-order valence-corrected chi connectivity index (χ1v) is 7.14. The fourth-order valence-corrected chi connectivity index (χ4v) is 2.34. The molecule has 0 aromatic heterocycles. The largest absolute Gasteiger partial charge is 0.379 e. The first-order chi connectivity index (χ1) is 10.2. The summed E-state index contributed by atoms with van der Waals surface area (Å²) in [6.45, 7) is 3.66. The van der Waals surface area contributed by atoms with Gasteiger partial charge in [-0.25, -0.2) is 0 Å². The number of rotatable bonds is 5. The number of para-hydroxylation sites is 2. The summed E-state index contributed by atoms with van der Waals surface area (Å²) < 4.78 is 0. The lowest BCUT2D eigenvalue weighted by Crippen LogP contribution is -2.35. The van der Waals surface area contributed by atoms with Crippen LogP contribution < -0.4 is 10.6 Å². The summed E-state index contributed by atoms with van der Waals surface area (Å²) in [5.41, 5.74) is 0.483. The van der Waals surface area contributed by atoms with Crippen LogP contribution in [0.5, 0.6) is 0 Å². The second-order valence-electron chi connectivity index (χ2n) is 4.94. The topological polar surface area (TPSA) is 87.5 Å². The number of nitrogens with one attached hydrogen (secondary N) is 2. The lowest BCUT2D eigenvalue weighted by molar-refractivity contribution is -0.384. The molecule has 0 saturated carbocycles. The molecule has 0 atom stereocenters. The number of hydrogen-bond acceptors (Lipinski definition) is 5. The molecule has 1 aromatic rings. The average Bonchev–Trinajstić information content (AvgIpc) is 2.76. The van der Waals surface area contributed by atoms with E-state index in [2.05, 4.69) is 10.6 Å². The number of amides is 1. The molecule has 1 amide bonds. The molecule has 2 N–H and O–H groups in total. The number of hydrogen-bond donors (Lipinski definition) is 2. The summed E-state index contributed by atoms with van der Waals surface area (Å²) in [4.78, 5) is 24.4. The summed E-state index contributed by atoms with van der Waals surface area (Å²) in [5.74, 6) is 0.0878. The van der Waals surface area contributed by atoms with E-state index in [1.54, 1.807) is 18.2 Å². The number of benzene rings is 1. The van der Waals surface area contributed by atoms with Crippen molar-refractivity contribution >= 4 is 29.7 Å². The zero-order valence-electron chi connectivity index (χ0n) is 12.3. The first-order valence-electron chi connectivity index (χ1n) is 7.14. The van der Waals surface area contributed by atoms with E-state index in [4.69, 9.17) is 0 Å². The lowest BCUT2D eigenvalue weighted by atomic mass is 10.2. The van der Waals surface area contributed by atoms with E-state index < -0.39 is 4.92 Å². The van der Waals surface area contributed by atoms with E-state index in [0.29, 0.717) is 18.7 Å². The normalized spacial score (nSPS) is 14.6. The zero-order chi connectivity index (χ0) is 15.1. The maximum Gasteiger partial charge on any atom is 0.292 e. The molecule has 8 heteroatoms. The van der Waals surface area contributed by atoms with Gasteiger partial charge in [-0.2, -0.15) is 0 Å². The van der Waals surface area contributed by atoms with Crippen LogP contribution in [0.25, 0.3) is 0 Å². The molecule has 7 nitrogen and oxygen atoms in total. The van der Waals surface area contributed by atoms with Gasteiger partial charge in [0.25, 0.3) is 5.69 Å². The maximum absolute atomic E-state index is 12.1. The Morgan fingerprint density at radius 2 is 2.09 bits per heavy atom. The van der Waals surface area contributed by atoms with Gasteiger partial charge in [0.2, 0.25) is 5.91 Å². The van der Waals surface area contributed by atoms with Gasteiger partial charge in [-0.3, -0.25) is 14.9 Å². The molecular formula is C14H21ClN4O3. The van der Waals surface area contributed by atoms with E-state index in [1.165, 1.54) is 6.07 Å². The minimum atomic E-state index is -0.426. The van der Waals surface area contributed by atoms with Gasteiger partial charge in [0.05, 0.1) is 4.92 Å². The predicted octanol–water partition coefficient (Wildman–Crippen LogP) is 1.64. The van der Waals surface area contributed by atoms with Crippen molar-refractivity contribution < 1.29 is 9.72 Å². The van der Waals surface area contributed by atoms with Gasteiger partial charge in [-0.15, -0.1) is 12.4 Å². The van der Waals surface area contributed by atoms with Crippen LogP contribution >= 0.6 is 12.4 Å². The molecule has 0 unspecified atom stereocenters. The first kappa shape index (κ1) is 18.2. The Hall–Kier alpha value is -1.86. The number of anilines is 1. The van der Waals surface area contributed by atoms with Crippen molar-refractivity contribution in [1.29, 1.82) is 0 Å². The average molecular weight is 329 g/mol. The Kier molecular flexibility index (Phi) is 7.62. The van der Waals surface area contributed by atoms with Crippen molar-refractivity contribution in [3.63, 3.8) is 0 Å². The number of nitro benzene ring substituents is 1. The Labute approximate surface area is 135 Å². The van der Waals surface area contributed by atoms with Crippen molar-refractivity contribution in [1.82, 2.24) is 10.2 Å². The summed E-state index contributed by atoms with van der Waals surface area (Å²) in [7, 11) is 0. The molecule has 0 aliphatic carbocycles.